The standard InChI is InChI=1S/C15H22O2/c1-14(2,3)9-10-11-6-8-17-15(11)7-4-5-12(16)13(10)15/h9,11,13H,4-8H2,1-3H3/b10-9-/t11-,13+,15-/m0/s1. The average Bonchev–Trinajstić information content (AvgIpc) is 2.51. The van der Waals surface area contributed by atoms with Gasteiger partial charge in [0.25, 0.3) is 0 Å². The minimum absolute atomic E-state index is 0.0770. The minimum atomic E-state index is -0.0770. The van der Waals surface area contributed by atoms with E-state index in [2.05, 4.69) is 26.8 Å². The fourth-order valence-electron chi connectivity index (χ4n) is 4.05. The van der Waals surface area contributed by atoms with E-state index in [1.807, 2.05) is 0 Å². The number of hydrogen-bond acceptors (Lipinski definition) is 2. The lowest BCUT2D eigenvalue weighted by Crippen LogP contribution is -2.60. The van der Waals surface area contributed by atoms with Crippen LogP contribution in [0.25, 0.3) is 0 Å². The highest BCUT2D eigenvalue weighted by atomic mass is 16.5. The summed E-state index contributed by atoms with van der Waals surface area (Å²) < 4.78 is 6.00. The number of carbonyl (C=O) groups is 1. The molecule has 0 aromatic rings. The molecule has 2 heteroatoms. The van der Waals surface area contributed by atoms with Gasteiger partial charge in [-0.15, -0.1) is 0 Å². The maximum Gasteiger partial charge on any atom is 0.142 e. The van der Waals surface area contributed by atoms with E-state index in [-0.39, 0.29) is 16.9 Å². The van der Waals surface area contributed by atoms with Crippen molar-refractivity contribution >= 4 is 5.78 Å². The third-order valence-corrected chi connectivity index (χ3v) is 4.50. The molecular formula is C15H22O2. The van der Waals surface area contributed by atoms with Gasteiger partial charge in [0.05, 0.1) is 11.5 Å². The van der Waals surface area contributed by atoms with Crippen LogP contribution in [0.2, 0.25) is 0 Å². The second-order valence-electron chi connectivity index (χ2n) is 6.91. The van der Waals surface area contributed by atoms with Crippen LogP contribution >= 0.6 is 0 Å². The van der Waals surface area contributed by atoms with E-state index in [4.69, 9.17) is 4.74 Å². The van der Waals surface area contributed by atoms with Crippen LogP contribution in [0.15, 0.2) is 11.6 Å². The highest BCUT2D eigenvalue weighted by molar-refractivity contribution is 5.88. The Morgan fingerprint density at radius 2 is 2.18 bits per heavy atom. The molecular weight excluding hydrogens is 212 g/mol. The molecule has 0 aromatic carbocycles. The van der Waals surface area contributed by atoms with Crippen molar-refractivity contribution in [1.29, 1.82) is 0 Å². The second-order valence-corrected chi connectivity index (χ2v) is 6.91. The molecule has 17 heavy (non-hydrogen) atoms. The molecule has 1 spiro atoms. The molecule has 2 aliphatic carbocycles. The SMILES string of the molecule is CC(C)(C)/C=C1/[C@@H]2CCO[C@@]23CCCC(=O)[C@@H]13. The van der Waals surface area contributed by atoms with Gasteiger partial charge < -0.3 is 4.74 Å². The Labute approximate surface area is 103 Å². The Morgan fingerprint density at radius 1 is 1.41 bits per heavy atom. The number of ketones is 1. The Hall–Kier alpha value is -0.630. The monoisotopic (exact) mass is 234 g/mol. The summed E-state index contributed by atoms with van der Waals surface area (Å²) in [7, 11) is 0. The van der Waals surface area contributed by atoms with Gasteiger partial charge in [-0.1, -0.05) is 32.4 Å². The third-order valence-electron chi connectivity index (χ3n) is 4.50. The topological polar surface area (TPSA) is 26.3 Å². The van der Waals surface area contributed by atoms with Crippen molar-refractivity contribution in [3.63, 3.8) is 0 Å². The van der Waals surface area contributed by atoms with Crippen LogP contribution in [-0.4, -0.2) is 18.0 Å². The van der Waals surface area contributed by atoms with Crippen molar-refractivity contribution in [2.75, 3.05) is 6.61 Å². The zero-order chi connectivity index (χ0) is 12.3. The predicted molar refractivity (Wildman–Crippen MR) is 66.7 cm³/mol. The fourth-order valence-corrected chi connectivity index (χ4v) is 4.05. The number of hydrogen-bond donors (Lipinski definition) is 0. The molecule has 0 unspecified atom stereocenters. The molecule has 0 bridgehead atoms. The summed E-state index contributed by atoms with van der Waals surface area (Å²) in [6.07, 6.45) is 6.32. The van der Waals surface area contributed by atoms with Gasteiger partial charge in [0.1, 0.15) is 5.78 Å². The van der Waals surface area contributed by atoms with Crippen LogP contribution in [0.3, 0.4) is 0 Å². The first kappa shape index (κ1) is 11.5. The van der Waals surface area contributed by atoms with Gasteiger partial charge in [-0.2, -0.15) is 0 Å². The number of Topliss-reactive ketones (excluding diaryl/α,β-unsaturated/α-hetero) is 1. The Kier molecular flexibility index (Phi) is 2.32. The fraction of sp³-hybridized carbons (Fsp3) is 0.800. The van der Waals surface area contributed by atoms with Crippen molar-refractivity contribution in [2.45, 2.75) is 52.1 Å². The maximum atomic E-state index is 12.2. The van der Waals surface area contributed by atoms with Crippen molar-refractivity contribution in [1.82, 2.24) is 0 Å². The van der Waals surface area contributed by atoms with Gasteiger partial charge in [-0.3, -0.25) is 4.79 Å². The molecule has 0 aromatic heterocycles. The summed E-state index contributed by atoms with van der Waals surface area (Å²) in [5.74, 6) is 1.06. The summed E-state index contributed by atoms with van der Waals surface area (Å²) in [6.45, 7) is 7.48. The quantitative estimate of drug-likeness (QED) is 0.602. The zero-order valence-corrected chi connectivity index (χ0v) is 11.1. The van der Waals surface area contributed by atoms with Gasteiger partial charge in [-0.05, 0) is 24.7 Å². The van der Waals surface area contributed by atoms with E-state index in [1.54, 1.807) is 0 Å². The molecule has 94 valence electrons. The summed E-state index contributed by atoms with van der Waals surface area (Å²) in [4.78, 5) is 12.2. The molecule has 1 saturated heterocycles. The van der Waals surface area contributed by atoms with Gasteiger partial charge in [0.2, 0.25) is 0 Å². The lowest BCUT2D eigenvalue weighted by molar-refractivity contribution is -0.153. The van der Waals surface area contributed by atoms with E-state index < -0.39 is 0 Å². The number of carbonyl (C=O) groups excluding carboxylic acids is 1. The van der Waals surface area contributed by atoms with E-state index in [9.17, 15) is 4.79 Å². The third kappa shape index (κ3) is 1.53. The van der Waals surface area contributed by atoms with E-state index in [0.717, 1.165) is 32.3 Å². The van der Waals surface area contributed by atoms with Crippen LogP contribution in [0, 0.1) is 17.3 Å². The van der Waals surface area contributed by atoms with Crippen LogP contribution in [0.1, 0.15) is 46.5 Å². The molecule has 3 fully saturated rings. The Morgan fingerprint density at radius 3 is 2.88 bits per heavy atom. The Bertz CT molecular complexity index is 388. The Balaban J connectivity index is 1.98. The predicted octanol–water partition coefficient (Wildman–Crippen LogP) is 3.12. The van der Waals surface area contributed by atoms with Gasteiger partial charge >= 0.3 is 0 Å². The number of allylic oxidation sites excluding steroid dienone is 1. The second kappa shape index (κ2) is 3.44. The molecule has 0 N–H and O–H groups in total. The van der Waals surface area contributed by atoms with Crippen molar-refractivity contribution in [3.05, 3.63) is 11.6 Å². The van der Waals surface area contributed by atoms with Crippen LogP contribution < -0.4 is 0 Å². The molecule has 0 amide bonds. The molecule has 1 heterocycles. The van der Waals surface area contributed by atoms with E-state index in [1.165, 1.54) is 5.57 Å². The molecule has 2 saturated carbocycles. The smallest absolute Gasteiger partial charge is 0.142 e. The van der Waals surface area contributed by atoms with Crippen molar-refractivity contribution in [3.8, 4) is 0 Å². The van der Waals surface area contributed by atoms with Gasteiger partial charge in [0, 0.05) is 18.9 Å². The van der Waals surface area contributed by atoms with Gasteiger partial charge in [-0.25, -0.2) is 0 Å². The first-order chi connectivity index (χ1) is 7.94. The first-order valence-electron chi connectivity index (χ1n) is 6.83. The molecule has 0 radical (unpaired) electrons. The molecule has 3 rings (SSSR count). The summed E-state index contributed by atoms with van der Waals surface area (Å²) >= 11 is 0. The average molecular weight is 234 g/mol. The van der Waals surface area contributed by atoms with Crippen LogP contribution in [0.4, 0.5) is 0 Å². The number of rotatable bonds is 0. The lowest BCUT2D eigenvalue weighted by atomic mass is 9.51. The minimum Gasteiger partial charge on any atom is -0.373 e. The number of ether oxygens (including phenoxy) is 1. The van der Waals surface area contributed by atoms with Crippen LogP contribution in [-0.2, 0) is 9.53 Å². The highest BCUT2D eigenvalue weighted by Gasteiger charge is 2.65. The lowest BCUT2D eigenvalue weighted by Gasteiger charge is -2.55. The van der Waals surface area contributed by atoms with Crippen molar-refractivity contribution in [2.24, 2.45) is 17.3 Å². The van der Waals surface area contributed by atoms with Gasteiger partial charge in [0.15, 0.2) is 0 Å². The zero-order valence-electron chi connectivity index (χ0n) is 11.1. The first-order valence-corrected chi connectivity index (χ1v) is 6.83. The normalized spacial score (nSPS) is 43.2. The summed E-state index contributed by atoms with van der Waals surface area (Å²) in [6, 6.07) is 0. The highest BCUT2D eigenvalue weighted by Crippen LogP contribution is 2.61. The molecule has 2 nitrogen and oxygen atoms in total. The van der Waals surface area contributed by atoms with Crippen molar-refractivity contribution < 1.29 is 9.53 Å². The largest absolute Gasteiger partial charge is 0.373 e. The molecule has 3 atom stereocenters. The summed E-state index contributed by atoms with van der Waals surface area (Å²) in [5, 5.41) is 0. The van der Waals surface area contributed by atoms with E-state index >= 15 is 0 Å². The summed E-state index contributed by atoms with van der Waals surface area (Å²) in [5.41, 5.74) is 1.48. The van der Waals surface area contributed by atoms with E-state index in [0.29, 0.717) is 11.7 Å². The maximum absolute atomic E-state index is 12.2. The molecule has 3 aliphatic rings. The van der Waals surface area contributed by atoms with Crippen LogP contribution in [0.5, 0.6) is 0 Å². The molecule has 1 aliphatic heterocycles.